The maximum Gasteiger partial charge on any atom is 0.149 e. The molecule has 0 unspecified atom stereocenters. The van der Waals surface area contributed by atoms with E-state index in [1.165, 1.54) is 37.8 Å². The summed E-state index contributed by atoms with van der Waals surface area (Å²) in [5, 5.41) is 3.12. The van der Waals surface area contributed by atoms with Gasteiger partial charge in [-0.1, -0.05) is 12.1 Å². The van der Waals surface area contributed by atoms with Crippen LogP contribution in [0.3, 0.4) is 0 Å². The lowest BCUT2D eigenvalue weighted by molar-refractivity contribution is -0.0201. The van der Waals surface area contributed by atoms with Crippen LogP contribution in [0.4, 0.5) is 11.6 Å². The fraction of sp³-hybridized carbons (Fsp3) is 0.565. The highest BCUT2D eigenvalue weighted by molar-refractivity contribution is 5.44. The lowest BCUT2D eigenvalue weighted by Gasteiger charge is -2.55. The zero-order valence-electron chi connectivity index (χ0n) is 17.4. The highest BCUT2D eigenvalue weighted by Gasteiger charge is 2.45. The van der Waals surface area contributed by atoms with Crippen LogP contribution in [0, 0.1) is 11.8 Å². The van der Waals surface area contributed by atoms with E-state index in [0.717, 1.165) is 30.5 Å². The van der Waals surface area contributed by atoms with Gasteiger partial charge in [0.15, 0.2) is 0 Å². The number of hydrogen-bond acceptors (Lipinski definition) is 6. The summed E-state index contributed by atoms with van der Waals surface area (Å²) in [6.07, 6.45) is 8.96. The molecule has 5 rings (SSSR count). The zero-order chi connectivity index (χ0) is 19.8. The minimum Gasteiger partial charge on any atom is -0.497 e. The first kappa shape index (κ1) is 18.7. The second kappa shape index (κ2) is 7.82. The fourth-order valence-electron chi connectivity index (χ4n) is 5.81. The average Bonchev–Trinajstić information content (AvgIpc) is 2.79. The van der Waals surface area contributed by atoms with Gasteiger partial charge < -0.3 is 15.0 Å². The van der Waals surface area contributed by atoms with E-state index < -0.39 is 0 Å². The normalized spacial score (nSPS) is 29.2. The van der Waals surface area contributed by atoms with Crippen molar-refractivity contribution < 1.29 is 4.74 Å². The molecule has 1 N–H and O–H groups in total. The van der Waals surface area contributed by atoms with Gasteiger partial charge in [0.25, 0.3) is 0 Å². The Morgan fingerprint density at radius 3 is 2.72 bits per heavy atom. The van der Waals surface area contributed by atoms with Gasteiger partial charge in [0.2, 0.25) is 0 Å². The van der Waals surface area contributed by atoms with Crippen molar-refractivity contribution in [3.05, 3.63) is 42.2 Å². The summed E-state index contributed by atoms with van der Waals surface area (Å²) >= 11 is 0. The van der Waals surface area contributed by atoms with Crippen molar-refractivity contribution in [3.63, 3.8) is 0 Å². The van der Waals surface area contributed by atoms with Gasteiger partial charge in [0, 0.05) is 38.8 Å². The van der Waals surface area contributed by atoms with E-state index in [1.54, 1.807) is 13.3 Å². The molecule has 1 aromatic heterocycles. The molecule has 0 amide bonds. The summed E-state index contributed by atoms with van der Waals surface area (Å²) in [6.45, 7) is 3.36. The Bertz CT molecular complexity index is 841. The third kappa shape index (κ3) is 3.54. The molecule has 29 heavy (non-hydrogen) atoms. The van der Waals surface area contributed by atoms with Crippen LogP contribution in [0.1, 0.15) is 37.3 Å². The van der Waals surface area contributed by atoms with E-state index in [2.05, 4.69) is 44.4 Å². The predicted molar refractivity (Wildman–Crippen MR) is 115 cm³/mol. The molecular weight excluding hydrogens is 362 g/mol. The molecule has 2 aromatic rings. The summed E-state index contributed by atoms with van der Waals surface area (Å²) < 4.78 is 5.36. The van der Waals surface area contributed by atoms with Crippen LogP contribution in [0.5, 0.6) is 5.75 Å². The lowest BCUT2D eigenvalue weighted by Crippen LogP contribution is -2.59. The minimum absolute atomic E-state index is 0.545. The second-order valence-electron chi connectivity index (χ2n) is 8.76. The number of benzene rings is 1. The SMILES string of the molecule is CNc1cncc(N2C[C@@H]3C[C@H](C2)[C@@H]2CCC[C@H](c4ccc(OC)cc4)N2C3)n1. The molecule has 154 valence electrons. The van der Waals surface area contributed by atoms with Crippen molar-refractivity contribution in [3.8, 4) is 5.75 Å². The number of aromatic nitrogens is 2. The Hall–Kier alpha value is -2.34. The van der Waals surface area contributed by atoms with E-state index in [1.807, 2.05) is 13.2 Å². The molecule has 3 aliphatic rings. The number of ether oxygens (including phenoxy) is 1. The van der Waals surface area contributed by atoms with Gasteiger partial charge in [-0.2, -0.15) is 0 Å². The van der Waals surface area contributed by atoms with Gasteiger partial charge in [0.1, 0.15) is 17.4 Å². The van der Waals surface area contributed by atoms with Crippen LogP contribution in [-0.4, -0.2) is 54.7 Å². The Morgan fingerprint density at radius 2 is 1.93 bits per heavy atom. The molecule has 6 heteroatoms. The van der Waals surface area contributed by atoms with Gasteiger partial charge in [0.05, 0.1) is 19.5 Å². The van der Waals surface area contributed by atoms with E-state index in [0.29, 0.717) is 23.9 Å². The van der Waals surface area contributed by atoms with Gasteiger partial charge >= 0.3 is 0 Å². The van der Waals surface area contributed by atoms with Crippen LogP contribution >= 0.6 is 0 Å². The molecule has 3 saturated heterocycles. The number of hydrogen-bond donors (Lipinski definition) is 1. The van der Waals surface area contributed by atoms with E-state index in [4.69, 9.17) is 9.72 Å². The topological polar surface area (TPSA) is 53.5 Å². The van der Waals surface area contributed by atoms with Gasteiger partial charge in [-0.3, -0.25) is 9.88 Å². The third-order valence-electron chi connectivity index (χ3n) is 7.09. The minimum atomic E-state index is 0.545. The molecule has 3 aliphatic heterocycles. The number of fused-ring (bicyclic) bond motifs is 4. The maximum atomic E-state index is 5.36. The summed E-state index contributed by atoms with van der Waals surface area (Å²) in [7, 11) is 3.64. The van der Waals surface area contributed by atoms with Gasteiger partial charge in [-0.25, -0.2) is 4.98 Å². The Kier molecular flexibility index (Phi) is 5.04. The van der Waals surface area contributed by atoms with Crippen molar-refractivity contribution in [1.82, 2.24) is 14.9 Å². The molecule has 0 spiro atoms. The molecule has 2 bridgehead atoms. The van der Waals surface area contributed by atoms with E-state index in [9.17, 15) is 0 Å². The Morgan fingerprint density at radius 1 is 1.07 bits per heavy atom. The number of anilines is 2. The molecule has 0 aliphatic carbocycles. The number of rotatable bonds is 4. The Labute approximate surface area is 173 Å². The predicted octanol–water partition coefficient (Wildman–Crippen LogP) is 3.58. The van der Waals surface area contributed by atoms with Crippen LogP contribution < -0.4 is 15.0 Å². The van der Waals surface area contributed by atoms with Crippen LogP contribution in [0.2, 0.25) is 0 Å². The summed E-state index contributed by atoms with van der Waals surface area (Å²) in [5.74, 6) is 4.21. The smallest absolute Gasteiger partial charge is 0.149 e. The molecule has 3 fully saturated rings. The van der Waals surface area contributed by atoms with Crippen molar-refractivity contribution in [2.75, 3.05) is 44.0 Å². The summed E-state index contributed by atoms with van der Waals surface area (Å²) in [6, 6.07) is 9.97. The van der Waals surface area contributed by atoms with Gasteiger partial charge in [-0.05, 0) is 55.2 Å². The third-order valence-corrected chi connectivity index (χ3v) is 7.09. The quantitative estimate of drug-likeness (QED) is 0.857. The standard InChI is InChI=1S/C23H31N5O/c1-24-22-11-25-12-23(26-22)27-13-16-10-18(15-27)21-5-3-4-20(28(21)14-16)17-6-8-19(29-2)9-7-17/h6-9,11-12,16,18,20-21H,3-5,10,13-15H2,1-2H3,(H,24,26)/t16-,18+,20+,21-/m0/s1. The molecule has 6 nitrogen and oxygen atoms in total. The molecular formula is C23H31N5O. The Balaban J connectivity index is 1.36. The number of nitrogens with one attached hydrogen (secondary N) is 1. The van der Waals surface area contributed by atoms with Crippen molar-refractivity contribution in [2.24, 2.45) is 11.8 Å². The first-order chi connectivity index (χ1) is 14.2. The largest absolute Gasteiger partial charge is 0.497 e. The molecule has 4 heterocycles. The van der Waals surface area contributed by atoms with Crippen molar-refractivity contribution in [1.29, 1.82) is 0 Å². The number of methoxy groups -OCH3 is 1. The highest BCUT2D eigenvalue weighted by Crippen LogP contribution is 2.45. The van der Waals surface area contributed by atoms with E-state index >= 15 is 0 Å². The monoisotopic (exact) mass is 393 g/mol. The fourth-order valence-corrected chi connectivity index (χ4v) is 5.81. The van der Waals surface area contributed by atoms with E-state index in [-0.39, 0.29) is 0 Å². The van der Waals surface area contributed by atoms with Crippen LogP contribution in [0.15, 0.2) is 36.7 Å². The summed E-state index contributed by atoms with van der Waals surface area (Å²) in [5.41, 5.74) is 1.44. The first-order valence-electron chi connectivity index (χ1n) is 10.9. The zero-order valence-corrected chi connectivity index (χ0v) is 17.4. The molecule has 4 atom stereocenters. The second-order valence-corrected chi connectivity index (χ2v) is 8.76. The van der Waals surface area contributed by atoms with Crippen LogP contribution in [-0.2, 0) is 0 Å². The van der Waals surface area contributed by atoms with Gasteiger partial charge in [-0.15, -0.1) is 0 Å². The summed E-state index contributed by atoms with van der Waals surface area (Å²) in [4.78, 5) is 14.4. The van der Waals surface area contributed by atoms with Crippen molar-refractivity contribution >= 4 is 11.6 Å². The van der Waals surface area contributed by atoms with Crippen LogP contribution in [0.25, 0.3) is 0 Å². The lowest BCUT2D eigenvalue weighted by atomic mass is 9.74. The number of nitrogens with zero attached hydrogens (tertiary/aromatic N) is 4. The number of piperidine rings is 3. The average molecular weight is 394 g/mol. The molecule has 0 radical (unpaired) electrons. The molecule has 1 aromatic carbocycles. The maximum absolute atomic E-state index is 5.36. The van der Waals surface area contributed by atoms with Crippen molar-refractivity contribution in [2.45, 2.75) is 37.8 Å². The first-order valence-corrected chi connectivity index (χ1v) is 10.9. The highest BCUT2D eigenvalue weighted by atomic mass is 16.5. The molecule has 0 saturated carbocycles.